The van der Waals surface area contributed by atoms with Gasteiger partial charge in [0.25, 0.3) is 5.91 Å². The van der Waals surface area contributed by atoms with E-state index in [1.54, 1.807) is 6.20 Å². The normalized spacial score (nSPS) is 17.4. The largest absolute Gasteiger partial charge is 0.372 e. The maximum atomic E-state index is 12.3. The summed E-state index contributed by atoms with van der Waals surface area (Å²) in [4.78, 5) is 21.0. The van der Waals surface area contributed by atoms with Gasteiger partial charge in [-0.1, -0.05) is 0 Å². The summed E-state index contributed by atoms with van der Waals surface area (Å²) in [5.74, 6) is 0.0416. The number of amides is 1. The van der Waals surface area contributed by atoms with Crippen LogP contribution in [0.5, 0.6) is 0 Å². The highest BCUT2D eigenvalue weighted by molar-refractivity contribution is 5.92. The molecule has 5 heteroatoms. The maximum Gasteiger partial charge on any atom is 0.272 e. The summed E-state index contributed by atoms with van der Waals surface area (Å²) >= 11 is 0. The van der Waals surface area contributed by atoms with Crippen molar-refractivity contribution in [2.75, 3.05) is 36.4 Å². The van der Waals surface area contributed by atoms with Crippen LogP contribution in [0.15, 0.2) is 42.6 Å². The Hall–Kier alpha value is -2.56. The van der Waals surface area contributed by atoms with Gasteiger partial charge >= 0.3 is 0 Å². The van der Waals surface area contributed by atoms with Crippen molar-refractivity contribution in [3.63, 3.8) is 0 Å². The number of hydrogen-bond acceptors (Lipinski definition) is 4. The topological polar surface area (TPSA) is 48.5 Å². The molecule has 2 aliphatic heterocycles. The van der Waals surface area contributed by atoms with Crippen LogP contribution >= 0.6 is 0 Å². The highest BCUT2D eigenvalue weighted by Gasteiger charge is 2.20. The van der Waals surface area contributed by atoms with Gasteiger partial charge in [0.2, 0.25) is 0 Å². The van der Waals surface area contributed by atoms with E-state index in [9.17, 15) is 4.79 Å². The van der Waals surface area contributed by atoms with Crippen LogP contribution in [0.1, 0.15) is 42.6 Å². The number of benzene rings is 1. The maximum absolute atomic E-state index is 12.3. The van der Waals surface area contributed by atoms with Gasteiger partial charge in [-0.25, -0.2) is 4.98 Å². The van der Waals surface area contributed by atoms with Gasteiger partial charge in [-0.15, -0.1) is 0 Å². The molecule has 5 nitrogen and oxygen atoms in total. The Kier molecular flexibility index (Phi) is 5.04. The monoisotopic (exact) mass is 350 g/mol. The summed E-state index contributed by atoms with van der Waals surface area (Å²) < 4.78 is 0. The van der Waals surface area contributed by atoms with Crippen LogP contribution < -0.4 is 10.2 Å². The fourth-order valence-electron chi connectivity index (χ4n) is 3.75. The number of nitrogens with zero attached hydrogens (tertiary/aromatic N) is 3. The first-order valence-corrected chi connectivity index (χ1v) is 9.67. The molecule has 1 aromatic carbocycles. The van der Waals surface area contributed by atoms with Crippen LogP contribution in [0.25, 0.3) is 0 Å². The van der Waals surface area contributed by atoms with Gasteiger partial charge in [0.1, 0.15) is 5.69 Å². The van der Waals surface area contributed by atoms with Gasteiger partial charge in [-0.05, 0) is 68.5 Å². The average Bonchev–Trinajstić information content (AvgIpc) is 3.24. The summed E-state index contributed by atoms with van der Waals surface area (Å²) in [5.41, 5.74) is 3.75. The number of rotatable bonds is 4. The molecule has 0 radical (unpaired) electrons. The lowest BCUT2D eigenvalue weighted by atomic mass is 10.1. The van der Waals surface area contributed by atoms with E-state index in [2.05, 4.69) is 39.5 Å². The quantitative estimate of drug-likeness (QED) is 0.904. The van der Waals surface area contributed by atoms with Gasteiger partial charge in [0, 0.05) is 37.6 Å². The molecule has 1 amide bonds. The number of nitrogens with one attached hydrogen (secondary N) is 1. The molecule has 1 aromatic heterocycles. The van der Waals surface area contributed by atoms with Crippen molar-refractivity contribution in [2.24, 2.45) is 0 Å². The molecule has 0 bridgehead atoms. The summed E-state index contributed by atoms with van der Waals surface area (Å²) in [6, 6.07) is 12.3. The first-order chi connectivity index (χ1) is 12.8. The Morgan fingerprint density at radius 3 is 2.12 bits per heavy atom. The van der Waals surface area contributed by atoms with Crippen LogP contribution in [-0.4, -0.2) is 42.0 Å². The van der Waals surface area contributed by atoms with Gasteiger partial charge < -0.3 is 15.1 Å². The molecule has 26 heavy (non-hydrogen) atoms. The molecule has 2 aliphatic rings. The SMILES string of the molecule is O=C(c1ccc(Nc2ccc(N3CCCCC3)cc2)cn1)N1CCCC1. The van der Waals surface area contributed by atoms with E-state index >= 15 is 0 Å². The van der Waals surface area contributed by atoms with Crippen molar-refractivity contribution in [1.82, 2.24) is 9.88 Å². The van der Waals surface area contributed by atoms with Crippen LogP contribution in [0.3, 0.4) is 0 Å². The molecule has 2 aromatic rings. The molecule has 2 saturated heterocycles. The smallest absolute Gasteiger partial charge is 0.272 e. The molecule has 1 N–H and O–H groups in total. The van der Waals surface area contributed by atoms with Gasteiger partial charge in [-0.2, -0.15) is 0 Å². The Bertz CT molecular complexity index is 730. The van der Waals surface area contributed by atoms with E-state index in [1.807, 2.05) is 17.0 Å². The first kappa shape index (κ1) is 16.9. The van der Waals surface area contributed by atoms with Crippen molar-refractivity contribution in [2.45, 2.75) is 32.1 Å². The minimum Gasteiger partial charge on any atom is -0.372 e. The number of anilines is 3. The summed E-state index contributed by atoms with van der Waals surface area (Å²) in [6.45, 7) is 4.01. The van der Waals surface area contributed by atoms with Crippen molar-refractivity contribution < 1.29 is 4.79 Å². The van der Waals surface area contributed by atoms with Crippen LogP contribution in [0, 0.1) is 0 Å². The molecule has 2 fully saturated rings. The second kappa shape index (κ2) is 7.77. The molecule has 0 saturated carbocycles. The highest BCUT2D eigenvalue weighted by Crippen LogP contribution is 2.23. The highest BCUT2D eigenvalue weighted by atomic mass is 16.2. The number of carbonyl (C=O) groups is 1. The van der Waals surface area contributed by atoms with Crippen LogP contribution in [-0.2, 0) is 0 Å². The predicted molar refractivity (Wildman–Crippen MR) is 105 cm³/mol. The summed E-state index contributed by atoms with van der Waals surface area (Å²) in [6.07, 6.45) is 7.85. The third kappa shape index (κ3) is 3.82. The molecular weight excluding hydrogens is 324 g/mol. The van der Waals surface area contributed by atoms with Gasteiger partial charge in [0.15, 0.2) is 0 Å². The number of aromatic nitrogens is 1. The summed E-state index contributed by atoms with van der Waals surface area (Å²) in [5, 5.41) is 3.36. The fourth-order valence-corrected chi connectivity index (χ4v) is 3.75. The lowest BCUT2D eigenvalue weighted by Gasteiger charge is -2.28. The minimum atomic E-state index is 0.0416. The van der Waals surface area contributed by atoms with E-state index < -0.39 is 0 Å². The first-order valence-electron chi connectivity index (χ1n) is 9.67. The zero-order valence-electron chi connectivity index (χ0n) is 15.2. The number of carbonyl (C=O) groups excluding carboxylic acids is 1. The Morgan fingerprint density at radius 1 is 0.808 bits per heavy atom. The van der Waals surface area contributed by atoms with Gasteiger partial charge in [0.05, 0.1) is 11.9 Å². The van der Waals surface area contributed by atoms with E-state index in [0.29, 0.717) is 5.69 Å². The van der Waals surface area contributed by atoms with E-state index in [0.717, 1.165) is 50.4 Å². The lowest BCUT2D eigenvalue weighted by molar-refractivity contribution is 0.0787. The average molecular weight is 350 g/mol. The second-order valence-electron chi connectivity index (χ2n) is 7.15. The van der Waals surface area contributed by atoms with Gasteiger partial charge in [-0.3, -0.25) is 4.79 Å². The zero-order valence-corrected chi connectivity index (χ0v) is 15.2. The third-order valence-electron chi connectivity index (χ3n) is 5.25. The Balaban J connectivity index is 1.38. The van der Waals surface area contributed by atoms with Crippen molar-refractivity contribution >= 4 is 23.0 Å². The molecule has 136 valence electrons. The van der Waals surface area contributed by atoms with Crippen molar-refractivity contribution in [1.29, 1.82) is 0 Å². The zero-order chi connectivity index (χ0) is 17.8. The number of piperidine rings is 1. The predicted octanol–water partition coefficient (Wildman–Crippen LogP) is 4.05. The second-order valence-corrected chi connectivity index (χ2v) is 7.15. The Morgan fingerprint density at radius 2 is 1.46 bits per heavy atom. The molecule has 4 rings (SSSR count). The molecule has 0 unspecified atom stereocenters. The third-order valence-corrected chi connectivity index (χ3v) is 5.25. The fraction of sp³-hybridized carbons (Fsp3) is 0.429. The number of pyridine rings is 1. The molecular formula is C21H26N4O. The lowest BCUT2D eigenvalue weighted by Crippen LogP contribution is -2.29. The van der Waals surface area contributed by atoms with Crippen molar-refractivity contribution in [3.8, 4) is 0 Å². The molecule has 0 atom stereocenters. The standard InChI is InChI=1S/C21H26N4O/c26-21(25-14-4-5-15-25)20-11-8-18(16-22-20)23-17-6-9-19(10-7-17)24-12-2-1-3-13-24/h6-11,16,23H,1-5,12-15H2. The molecule has 3 heterocycles. The number of hydrogen-bond donors (Lipinski definition) is 1. The molecule has 0 aliphatic carbocycles. The molecule has 0 spiro atoms. The summed E-state index contributed by atoms with van der Waals surface area (Å²) in [7, 11) is 0. The van der Waals surface area contributed by atoms with E-state index in [-0.39, 0.29) is 5.91 Å². The number of likely N-dealkylation sites (tertiary alicyclic amines) is 1. The van der Waals surface area contributed by atoms with Crippen molar-refractivity contribution in [3.05, 3.63) is 48.3 Å². The minimum absolute atomic E-state index is 0.0416. The van der Waals surface area contributed by atoms with E-state index in [4.69, 9.17) is 0 Å². The van der Waals surface area contributed by atoms with Crippen LogP contribution in [0.4, 0.5) is 17.1 Å². The van der Waals surface area contributed by atoms with Crippen LogP contribution in [0.2, 0.25) is 0 Å². The van der Waals surface area contributed by atoms with E-state index in [1.165, 1.54) is 24.9 Å². The Labute approximate surface area is 155 Å².